The number of amides is 1. The summed E-state index contributed by atoms with van der Waals surface area (Å²) >= 11 is 0. The van der Waals surface area contributed by atoms with E-state index in [-0.39, 0.29) is 42.1 Å². The van der Waals surface area contributed by atoms with E-state index < -0.39 is 23.5 Å². The van der Waals surface area contributed by atoms with Crippen LogP contribution in [0, 0.1) is 0 Å². The molecule has 0 saturated carbocycles. The first-order chi connectivity index (χ1) is 22.2. The Morgan fingerprint density at radius 2 is 1.02 bits per heavy atom. The quantitative estimate of drug-likeness (QED) is 0.136. The van der Waals surface area contributed by atoms with Crippen molar-refractivity contribution in [1.29, 1.82) is 0 Å². The Hall–Kier alpha value is -6.22. The van der Waals surface area contributed by atoms with Gasteiger partial charge >= 0.3 is 17.9 Å². The molecule has 5 aromatic carbocycles. The van der Waals surface area contributed by atoms with Gasteiger partial charge in [-0.15, -0.1) is 0 Å². The zero-order chi connectivity index (χ0) is 32.6. The monoisotopic (exact) mass is 615 g/mol. The zero-order valence-corrected chi connectivity index (χ0v) is 24.5. The molecule has 5 rings (SSSR count). The molecule has 5 aromatic rings. The van der Waals surface area contributed by atoms with Gasteiger partial charge in [0.2, 0.25) is 5.91 Å². The molecule has 1 amide bonds. The Balaban J connectivity index is 1.43. The van der Waals surface area contributed by atoms with Gasteiger partial charge in [-0.3, -0.25) is 4.79 Å². The van der Waals surface area contributed by atoms with Crippen molar-refractivity contribution in [1.82, 2.24) is 4.90 Å². The van der Waals surface area contributed by atoms with Crippen molar-refractivity contribution in [2.45, 2.75) is 19.5 Å². The highest BCUT2D eigenvalue weighted by atomic mass is 16.5. The first kappa shape index (κ1) is 31.2. The molecule has 0 aliphatic heterocycles. The number of benzene rings is 5. The summed E-state index contributed by atoms with van der Waals surface area (Å²) in [5.41, 5.74) is 1.94. The van der Waals surface area contributed by atoms with Crippen LogP contribution < -0.4 is 4.74 Å². The van der Waals surface area contributed by atoms with E-state index in [1.165, 1.54) is 36.4 Å². The van der Waals surface area contributed by atoms with Gasteiger partial charge in [-0.1, -0.05) is 72.8 Å². The molecule has 0 aliphatic rings. The lowest BCUT2D eigenvalue weighted by Crippen LogP contribution is -2.31. The molecule has 46 heavy (non-hydrogen) atoms. The minimum absolute atomic E-state index is 0.0696. The highest BCUT2D eigenvalue weighted by Gasteiger charge is 2.21. The second-order valence-corrected chi connectivity index (χ2v) is 10.5. The van der Waals surface area contributed by atoms with Crippen molar-refractivity contribution in [2.75, 3.05) is 0 Å². The molecular formula is C37H29NO8. The molecular weight excluding hydrogens is 586 g/mol. The van der Waals surface area contributed by atoms with Gasteiger partial charge in [0.05, 0.1) is 23.1 Å². The van der Waals surface area contributed by atoms with Gasteiger partial charge in [-0.25, -0.2) is 14.4 Å². The van der Waals surface area contributed by atoms with E-state index in [1.54, 1.807) is 4.90 Å². The van der Waals surface area contributed by atoms with E-state index in [2.05, 4.69) is 0 Å². The van der Waals surface area contributed by atoms with Gasteiger partial charge in [-0.05, 0) is 76.3 Å². The Bertz CT molecular complexity index is 1890. The number of carboxylic acid groups (broad SMARTS) is 3. The van der Waals surface area contributed by atoms with Crippen LogP contribution in [-0.4, -0.2) is 44.0 Å². The molecule has 0 spiro atoms. The molecule has 0 radical (unpaired) electrons. The summed E-state index contributed by atoms with van der Waals surface area (Å²) in [6, 6.07) is 34.4. The summed E-state index contributed by atoms with van der Waals surface area (Å²) in [7, 11) is 0. The fourth-order valence-corrected chi connectivity index (χ4v) is 5.03. The molecule has 0 heterocycles. The highest BCUT2D eigenvalue weighted by molar-refractivity contribution is 6.03. The molecule has 9 heteroatoms. The average molecular weight is 616 g/mol. The van der Waals surface area contributed by atoms with Gasteiger partial charge in [0.1, 0.15) is 11.5 Å². The standard InChI is InChI=1S/C37H29NO8/c39-34(21-28-19-26(13-17-31(28)35(40)41)27-14-18-32(36(42)43)33(20-27)37(44)45)38(22-24-7-3-1-4-8-24)23-25-11-15-30(16-12-25)46-29-9-5-2-6-10-29/h1-20H,21-23H2,(H,40,41)(H,42,43)(H,44,45). The number of nitrogens with zero attached hydrogens (tertiary/aromatic N) is 1. The number of carbonyl (C=O) groups is 4. The fourth-order valence-electron chi connectivity index (χ4n) is 5.03. The van der Waals surface area contributed by atoms with Crippen molar-refractivity contribution in [2.24, 2.45) is 0 Å². The van der Waals surface area contributed by atoms with Crippen LogP contribution in [0.4, 0.5) is 0 Å². The second-order valence-electron chi connectivity index (χ2n) is 10.5. The molecule has 0 saturated heterocycles. The summed E-state index contributed by atoms with van der Waals surface area (Å²) in [5, 5.41) is 28.9. The van der Waals surface area contributed by atoms with Crippen LogP contribution in [0.25, 0.3) is 11.1 Å². The minimum Gasteiger partial charge on any atom is -0.478 e. The third-order valence-corrected chi connectivity index (χ3v) is 7.34. The SMILES string of the molecule is O=C(O)c1ccc(-c2ccc(C(=O)O)c(C(=O)O)c2)cc1CC(=O)N(Cc1ccccc1)Cc1ccc(Oc2ccccc2)cc1. The van der Waals surface area contributed by atoms with Gasteiger partial charge < -0.3 is 25.0 Å². The molecule has 0 unspecified atom stereocenters. The number of rotatable bonds is 12. The maximum atomic E-state index is 13.9. The molecule has 0 aliphatic carbocycles. The molecule has 9 nitrogen and oxygen atoms in total. The summed E-state index contributed by atoms with van der Waals surface area (Å²) in [4.78, 5) is 50.9. The van der Waals surface area contributed by atoms with Crippen molar-refractivity contribution >= 4 is 23.8 Å². The normalized spacial score (nSPS) is 10.6. The Labute approximate surface area is 264 Å². The van der Waals surface area contributed by atoms with Crippen LogP contribution in [0.2, 0.25) is 0 Å². The number of hydrogen-bond donors (Lipinski definition) is 3. The predicted molar refractivity (Wildman–Crippen MR) is 170 cm³/mol. The summed E-state index contributed by atoms with van der Waals surface area (Å²) < 4.78 is 5.88. The van der Waals surface area contributed by atoms with Crippen LogP contribution in [0.3, 0.4) is 0 Å². The number of para-hydroxylation sites is 1. The number of aromatic carboxylic acids is 3. The molecule has 3 N–H and O–H groups in total. The van der Waals surface area contributed by atoms with Crippen LogP contribution in [0.1, 0.15) is 47.8 Å². The van der Waals surface area contributed by atoms with Crippen molar-refractivity contribution in [3.63, 3.8) is 0 Å². The molecule has 0 aromatic heterocycles. The topological polar surface area (TPSA) is 141 Å². The Morgan fingerprint density at radius 3 is 1.61 bits per heavy atom. The smallest absolute Gasteiger partial charge is 0.336 e. The largest absolute Gasteiger partial charge is 0.478 e. The number of hydrogen-bond acceptors (Lipinski definition) is 5. The molecule has 230 valence electrons. The number of ether oxygens (including phenoxy) is 1. The third kappa shape index (κ3) is 7.64. The Morgan fingerprint density at radius 1 is 0.522 bits per heavy atom. The first-order valence-corrected chi connectivity index (χ1v) is 14.3. The summed E-state index contributed by atoms with van der Waals surface area (Å²) in [6.45, 7) is 0.530. The van der Waals surface area contributed by atoms with Crippen LogP contribution >= 0.6 is 0 Å². The number of carboxylic acids is 3. The van der Waals surface area contributed by atoms with Gasteiger partial charge in [0.15, 0.2) is 0 Å². The summed E-state index contributed by atoms with van der Waals surface area (Å²) in [6.07, 6.45) is -0.240. The first-order valence-electron chi connectivity index (χ1n) is 14.3. The van der Waals surface area contributed by atoms with E-state index in [1.807, 2.05) is 84.9 Å². The zero-order valence-electron chi connectivity index (χ0n) is 24.5. The molecule has 0 fully saturated rings. The lowest BCUT2D eigenvalue weighted by atomic mass is 9.94. The third-order valence-electron chi connectivity index (χ3n) is 7.34. The highest BCUT2D eigenvalue weighted by Crippen LogP contribution is 2.27. The predicted octanol–water partition coefficient (Wildman–Crippen LogP) is 7.01. The van der Waals surface area contributed by atoms with Crippen molar-refractivity contribution < 1.29 is 39.2 Å². The van der Waals surface area contributed by atoms with Gasteiger partial charge in [0.25, 0.3) is 0 Å². The van der Waals surface area contributed by atoms with E-state index in [0.717, 1.165) is 11.1 Å². The lowest BCUT2D eigenvalue weighted by molar-refractivity contribution is -0.131. The minimum atomic E-state index is -1.41. The van der Waals surface area contributed by atoms with E-state index in [0.29, 0.717) is 22.6 Å². The van der Waals surface area contributed by atoms with Gasteiger partial charge in [-0.2, -0.15) is 0 Å². The fraction of sp³-hybridized carbons (Fsp3) is 0.0811. The van der Waals surface area contributed by atoms with Gasteiger partial charge in [0, 0.05) is 13.1 Å². The van der Waals surface area contributed by atoms with Crippen LogP contribution in [0.15, 0.2) is 121 Å². The Kier molecular flexibility index (Phi) is 9.53. The van der Waals surface area contributed by atoms with E-state index >= 15 is 0 Å². The maximum Gasteiger partial charge on any atom is 0.336 e. The van der Waals surface area contributed by atoms with Crippen LogP contribution in [0.5, 0.6) is 11.5 Å². The average Bonchev–Trinajstić information content (AvgIpc) is 3.05. The maximum absolute atomic E-state index is 13.9. The van der Waals surface area contributed by atoms with E-state index in [4.69, 9.17) is 4.74 Å². The van der Waals surface area contributed by atoms with E-state index in [9.17, 15) is 34.5 Å². The van der Waals surface area contributed by atoms with Crippen molar-refractivity contribution in [3.05, 3.63) is 155 Å². The van der Waals surface area contributed by atoms with Crippen molar-refractivity contribution in [3.8, 4) is 22.6 Å². The molecule has 0 atom stereocenters. The second kappa shape index (κ2) is 14.0. The summed E-state index contributed by atoms with van der Waals surface area (Å²) in [5.74, 6) is -2.99. The van der Waals surface area contributed by atoms with Crippen LogP contribution in [-0.2, 0) is 24.3 Å². The lowest BCUT2D eigenvalue weighted by Gasteiger charge is -2.24. The molecule has 0 bridgehead atoms. The number of carbonyl (C=O) groups excluding carboxylic acids is 1.